The highest BCUT2D eigenvalue weighted by atomic mass is 28.3. The summed E-state index contributed by atoms with van der Waals surface area (Å²) in [5.74, 6) is 0. The minimum absolute atomic E-state index is 0.180. The summed E-state index contributed by atoms with van der Waals surface area (Å²) in [6.45, 7) is 24.3. The molecular formula is C36H48Si. The van der Waals surface area contributed by atoms with Gasteiger partial charge in [-0.1, -0.05) is 93.4 Å². The topological polar surface area (TPSA) is 0 Å². The van der Waals surface area contributed by atoms with Crippen LogP contribution in [0.1, 0.15) is 108 Å². The highest BCUT2D eigenvalue weighted by Gasteiger charge is 2.47. The zero-order chi connectivity index (χ0) is 26.9. The normalized spacial score (nSPS) is 20.8. The van der Waals surface area contributed by atoms with Crippen molar-refractivity contribution in [3.05, 3.63) is 86.0 Å². The summed E-state index contributed by atoms with van der Waals surface area (Å²) in [6.07, 6.45) is 9.07. The minimum atomic E-state index is -1.76. The second kappa shape index (κ2) is 9.26. The summed E-state index contributed by atoms with van der Waals surface area (Å²) in [6, 6.07) is 12.3. The zero-order valence-electron chi connectivity index (χ0n) is 25.2. The van der Waals surface area contributed by atoms with Crippen molar-refractivity contribution >= 4 is 14.1 Å². The summed E-state index contributed by atoms with van der Waals surface area (Å²) in [7, 11) is -1.76. The predicted octanol–water partition coefficient (Wildman–Crippen LogP) is 10.7. The molecule has 0 fully saturated rings. The van der Waals surface area contributed by atoms with Crippen LogP contribution in [0.5, 0.6) is 0 Å². The summed E-state index contributed by atoms with van der Waals surface area (Å²) in [5, 5.41) is 0. The molecular weight excluding hydrogens is 460 g/mol. The molecule has 1 atom stereocenters. The molecule has 0 saturated heterocycles. The molecule has 0 bridgehead atoms. The van der Waals surface area contributed by atoms with Crippen molar-refractivity contribution in [1.82, 2.24) is 0 Å². The molecule has 1 unspecified atom stereocenters. The van der Waals surface area contributed by atoms with Gasteiger partial charge in [-0.3, -0.25) is 0 Å². The first kappa shape index (κ1) is 26.5. The van der Waals surface area contributed by atoms with Crippen LogP contribution >= 0.6 is 0 Å². The molecule has 1 heteroatoms. The zero-order valence-corrected chi connectivity index (χ0v) is 26.2. The average Bonchev–Trinajstić information content (AvgIpc) is 3.12. The second-order valence-corrected chi connectivity index (χ2v) is 18.8. The van der Waals surface area contributed by atoms with Gasteiger partial charge in [-0.15, -0.1) is 0 Å². The van der Waals surface area contributed by atoms with E-state index in [9.17, 15) is 0 Å². The molecule has 0 N–H and O–H groups in total. The van der Waals surface area contributed by atoms with Crippen LogP contribution in [0, 0.1) is 0 Å². The molecule has 0 aliphatic heterocycles. The third-order valence-electron chi connectivity index (χ3n) is 10.2. The van der Waals surface area contributed by atoms with Crippen molar-refractivity contribution in [3.8, 4) is 11.1 Å². The highest BCUT2D eigenvalue weighted by Crippen LogP contribution is 2.56. The van der Waals surface area contributed by atoms with Gasteiger partial charge in [0.15, 0.2) is 0 Å². The van der Waals surface area contributed by atoms with Gasteiger partial charge in [0, 0.05) is 5.54 Å². The van der Waals surface area contributed by atoms with E-state index in [0.29, 0.717) is 11.1 Å². The Hall–Kier alpha value is -2.12. The summed E-state index contributed by atoms with van der Waals surface area (Å²) in [5.41, 5.74) is 20.2. The summed E-state index contributed by atoms with van der Waals surface area (Å²) < 4.78 is 0. The van der Waals surface area contributed by atoms with Crippen molar-refractivity contribution < 1.29 is 0 Å². The van der Waals surface area contributed by atoms with E-state index < -0.39 is 8.07 Å². The smallest absolute Gasteiger partial charge is 0.0679 e. The molecule has 0 radical (unpaired) electrons. The maximum absolute atomic E-state index is 2.68. The van der Waals surface area contributed by atoms with Crippen molar-refractivity contribution in [2.75, 3.05) is 0 Å². The Kier molecular flexibility index (Phi) is 6.63. The lowest BCUT2D eigenvalue weighted by molar-refractivity contribution is 0.590. The van der Waals surface area contributed by atoms with Crippen LogP contribution in [-0.2, 0) is 18.3 Å². The van der Waals surface area contributed by atoms with Gasteiger partial charge in [-0.2, -0.15) is 0 Å². The Labute approximate surface area is 228 Å². The molecule has 3 aliphatic rings. The van der Waals surface area contributed by atoms with Crippen LogP contribution in [0.4, 0.5) is 0 Å². The van der Waals surface area contributed by atoms with Gasteiger partial charge in [-0.05, 0) is 121 Å². The third kappa shape index (κ3) is 4.26. The maximum Gasteiger partial charge on any atom is 0.0717 e. The van der Waals surface area contributed by atoms with Crippen molar-refractivity contribution in [1.29, 1.82) is 0 Å². The molecule has 0 saturated carbocycles. The SMILES string of the molecule is CC1=Cc2c(cc3c(c2-c2ccc(C(C)(C)C)cc2)CCCCC3)C1[Si](C)(C)C1C(C)=C(C)C(C)=C1C. The molecule has 196 valence electrons. The highest BCUT2D eigenvalue weighted by molar-refractivity contribution is 6.82. The van der Waals surface area contributed by atoms with E-state index in [0.717, 1.165) is 0 Å². The van der Waals surface area contributed by atoms with Crippen LogP contribution in [0.25, 0.3) is 17.2 Å². The van der Waals surface area contributed by atoms with E-state index in [1.807, 2.05) is 0 Å². The van der Waals surface area contributed by atoms with E-state index in [4.69, 9.17) is 0 Å². The quantitative estimate of drug-likeness (QED) is 0.286. The Morgan fingerprint density at radius 2 is 1.35 bits per heavy atom. The molecule has 5 rings (SSSR count). The van der Waals surface area contributed by atoms with Crippen molar-refractivity contribution in [2.45, 2.75) is 117 Å². The lowest BCUT2D eigenvalue weighted by Crippen LogP contribution is -2.41. The first-order valence-electron chi connectivity index (χ1n) is 14.7. The van der Waals surface area contributed by atoms with Gasteiger partial charge in [0.25, 0.3) is 0 Å². The Morgan fingerprint density at radius 3 is 1.95 bits per heavy atom. The van der Waals surface area contributed by atoms with Gasteiger partial charge < -0.3 is 0 Å². The van der Waals surface area contributed by atoms with Crippen molar-refractivity contribution in [3.63, 3.8) is 0 Å². The van der Waals surface area contributed by atoms with Crippen LogP contribution in [0.2, 0.25) is 18.6 Å². The number of allylic oxidation sites excluding steroid dienone is 5. The number of hydrogen-bond acceptors (Lipinski definition) is 0. The molecule has 0 aromatic heterocycles. The minimum Gasteiger partial charge on any atom is -0.0679 e. The Bertz CT molecular complexity index is 1310. The summed E-state index contributed by atoms with van der Waals surface area (Å²) in [4.78, 5) is 0. The largest absolute Gasteiger partial charge is 0.0717 e. The van der Waals surface area contributed by atoms with Crippen LogP contribution < -0.4 is 0 Å². The monoisotopic (exact) mass is 508 g/mol. The molecule has 3 aliphatic carbocycles. The maximum atomic E-state index is 2.68. The lowest BCUT2D eigenvalue weighted by atomic mass is 9.83. The molecule has 2 aromatic rings. The number of fused-ring (bicyclic) bond motifs is 2. The molecule has 2 aromatic carbocycles. The predicted molar refractivity (Wildman–Crippen MR) is 166 cm³/mol. The van der Waals surface area contributed by atoms with Gasteiger partial charge in [0.2, 0.25) is 0 Å². The second-order valence-electron chi connectivity index (χ2n) is 14.0. The van der Waals surface area contributed by atoms with E-state index in [1.54, 1.807) is 55.7 Å². The average molecular weight is 509 g/mol. The fourth-order valence-electron chi connectivity index (χ4n) is 8.16. The van der Waals surface area contributed by atoms with E-state index in [1.165, 1.54) is 43.2 Å². The molecule has 0 heterocycles. The third-order valence-corrected chi connectivity index (χ3v) is 14.9. The number of aryl methyl sites for hydroxylation is 1. The number of benzene rings is 2. The van der Waals surface area contributed by atoms with Crippen LogP contribution in [0.15, 0.2) is 58.2 Å². The Morgan fingerprint density at radius 1 is 0.757 bits per heavy atom. The van der Waals surface area contributed by atoms with Crippen LogP contribution in [0.3, 0.4) is 0 Å². The fraction of sp³-hybridized carbons (Fsp3) is 0.500. The first-order valence-corrected chi connectivity index (χ1v) is 17.8. The summed E-state index contributed by atoms with van der Waals surface area (Å²) >= 11 is 0. The first-order chi connectivity index (χ1) is 17.3. The van der Waals surface area contributed by atoms with E-state index in [2.05, 4.69) is 105 Å². The Balaban J connectivity index is 1.70. The fourth-order valence-corrected chi connectivity index (χ4v) is 13.5. The standard InChI is InChI=1S/C36H48Si/c1-22-20-31-32(34(22)37(9,10)35-25(4)23(2)24(3)26(35)5)21-28-14-12-11-13-15-30(28)33(31)27-16-18-29(19-17-27)36(6,7)8/h16-21,34-35H,11-15H2,1-10H3. The molecule has 0 nitrogen and oxygen atoms in total. The van der Waals surface area contributed by atoms with Gasteiger partial charge in [0.1, 0.15) is 0 Å². The molecule has 0 spiro atoms. The van der Waals surface area contributed by atoms with Gasteiger partial charge in [0.05, 0.1) is 8.07 Å². The van der Waals surface area contributed by atoms with Gasteiger partial charge >= 0.3 is 0 Å². The number of hydrogen-bond donors (Lipinski definition) is 0. The van der Waals surface area contributed by atoms with Gasteiger partial charge in [-0.25, -0.2) is 0 Å². The number of rotatable bonds is 3. The van der Waals surface area contributed by atoms with E-state index in [-0.39, 0.29) is 5.41 Å². The molecule has 37 heavy (non-hydrogen) atoms. The van der Waals surface area contributed by atoms with Crippen molar-refractivity contribution in [2.24, 2.45) is 0 Å². The lowest BCUT2D eigenvalue weighted by Gasteiger charge is -2.40. The van der Waals surface area contributed by atoms with E-state index >= 15 is 0 Å². The molecule has 0 amide bonds. The van der Waals surface area contributed by atoms with Crippen LogP contribution in [-0.4, -0.2) is 8.07 Å².